The van der Waals surface area contributed by atoms with E-state index in [1.807, 2.05) is 36.4 Å². The first-order chi connectivity index (χ1) is 15.2. The molecule has 3 aromatic rings. The minimum atomic E-state index is -0.785. The molecule has 1 aliphatic carbocycles. The Morgan fingerprint density at radius 3 is 2.61 bits per heavy atom. The van der Waals surface area contributed by atoms with Crippen LogP contribution in [0.4, 0.5) is 0 Å². The molecule has 0 spiro atoms. The summed E-state index contributed by atoms with van der Waals surface area (Å²) in [5, 5.41) is 8.74. The third-order valence-electron chi connectivity index (χ3n) is 5.59. The first-order valence-electron chi connectivity index (χ1n) is 10.5. The van der Waals surface area contributed by atoms with E-state index in [1.165, 1.54) is 0 Å². The average molecular weight is 436 g/mol. The van der Waals surface area contributed by atoms with E-state index in [1.54, 1.807) is 28.7 Å². The molecule has 0 saturated heterocycles. The SMILES string of the molecule is O=C(NC1CCCC1)C(c1cccnc1)N(CCc1ccccc1)C(=O)c1csnn1. The fourth-order valence-corrected chi connectivity index (χ4v) is 4.44. The second-order valence-corrected chi connectivity index (χ2v) is 8.31. The van der Waals surface area contributed by atoms with Crippen LogP contribution in [0.15, 0.2) is 60.2 Å². The average Bonchev–Trinajstić information content (AvgIpc) is 3.52. The summed E-state index contributed by atoms with van der Waals surface area (Å²) in [5.74, 6) is -0.482. The highest BCUT2D eigenvalue weighted by molar-refractivity contribution is 7.03. The van der Waals surface area contributed by atoms with Crippen LogP contribution < -0.4 is 5.32 Å². The number of aromatic nitrogens is 3. The maximum absolute atomic E-state index is 13.5. The van der Waals surface area contributed by atoms with E-state index in [0.717, 1.165) is 42.8 Å². The number of carbonyl (C=O) groups excluding carboxylic acids is 2. The summed E-state index contributed by atoms with van der Waals surface area (Å²) in [7, 11) is 0. The zero-order valence-corrected chi connectivity index (χ0v) is 18.0. The van der Waals surface area contributed by atoms with E-state index in [4.69, 9.17) is 0 Å². The van der Waals surface area contributed by atoms with Crippen LogP contribution in [0.1, 0.15) is 53.3 Å². The molecule has 1 fully saturated rings. The Hall–Kier alpha value is -3.13. The van der Waals surface area contributed by atoms with Gasteiger partial charge in [0.25, 0.3) is 5.91 Å². The molecular formula is C23H25N5O2S. The number of amides is 2. The lowest BCUT2D eigenvalue weighted by Gasteiger charge is -2.31. The van der Waals surface area contributed by atoms with E-state index >= 15 is 0 Å². The molecule has 0 aliphatic heterocycles. The van der Waals surface area contributed by atoms with Crippen molar-refractivity contribution < 1.29 is 9.59 Å². The van der Waals surface area contributed by atoms with Crippen LogP contribution in [-0.2, 0) is 11.2 Å². The van der Waals surface area contributed by atoms with Gasteiger partial charge in [0.05, 0.1) is 0 Å². The van der Waals surface area contributed by atoms with Gasteiger partial charge in [-0.3, -0.25) is 14.6 Å². The normalized spacial score (nSPS) is 14.8. The van der Waals surface area contributed by atoms with E-state index in [-0.39, 0.29) is 23.6 Å². The summed E-state index contributed by atoms with van der Waals surface area (Å²) in [4.78, 5) is 32.7. The summed E-state index contributed by atoms with van der Waals surface area (Å²) in [6.45, 7) is 0.373. The number of nitrogens with zero attached hydrogens (tertiary/aromatic N) is 4. The van der Waals surface area contributed by atoms with Gasteiger partial charge < -0.3 is 10.2 Å². The van der Waals surface area contributed by atoms with Crippen LogP contribution >= 0.6 is 11.5 Å². The maximum atomic E-state index is 13.5. The van der Waals surface area contributed by atoms with Crippen LogP contribution in [-0.4, -0.2) is 43.9 Å². The molecule has 0 radical (unpaired) electrons. The van der Waals surface area contributed by atoms with Crippen molar-refractivity contribution in [1.29, 1.82) is 0 Å². The van der Waals surface area contributed by atoms with Crippen LogP contribution in [0.25, 0.3) is 0 Å². The highest BCUT2D eigenvalue weighted by Gasteiger charge is 2.34. The van der Waals surface area contributed by atoms with Gasteiger partial charge in [0, 0.05) is 35.9 Å². The van der Waals surface area contributed by atoms with Gasteiger partial charge >= 0.3 is 0 Å². The van der Waals surface area contributed by atoms with Gasteiger partial charge in [-0.2, -0.15) is 0 Å². The number of hydrogen-bond acceptors (Lipinski definition) is 6. The van der Waals surface area contributed by atoms with Crippen LogP contribution in [0.5, 0.6) is 0 Å². The van der Waals surface area contributed by atoms with Gasteiger partial charge in [-0.25, -0.2) is 0 Å². The minimum absolute atomic E-state index is 0.152. The first kappa shape index (κ1) is 21.1. The summed E-state index contributed by atoms with van der Waals surface area (Å²) >= 11 is 1.12. The van der Waals surface area contributed by atoms with E-state index in [2.05, 4.69) is 19.9 Å². The highest BCUT2D eigenvalue weighted by Crippen LogP contribution is 2.25. The molecule has 0 bridgehead atoms. The molecule has 1 N–H and O–H groups in total. The molecule has 4 rings (SSSR count). The van der Waals surface area contributed by atoms with Crippen LogP contribution in [0.3, 0.4) is 0 Å². The highest BCUT2D eigenvalue weighted by atomic mass is 32.1. The van der Waals surface area contributed by atoms with E-state index in [0.29, 0.717) is 18.5 Å². The second-order valence-electron chi connectivity index (χ2n) is 7.70. The van der Waals surface area contributed by atoms with Crippen molar-refractivity contribution in [2.45, 2.75) is 44.2 Å². The lowest BCUT2D eigenvalue weighted by atomic mass is 10.0. The topological polar surface area (TPSA) is 88.1 Å². The molecule has 1 aromatic carbocycles. The number of pyridine rings is 1. The third kappa shape index (κ3) is 5.32. The Balaban J connectivity index is 1.65. The predicted molar refractivity (Wildman–Crippen MR) is 118 cm³/mol. The second kappa shape index (κ2) is 10.3. The van der Waals surface area contributed by atoms with Gasteiger partial charge in [-0.1, -0.05) is 53.7 Å². The van der Waals surface area contributed by atoms with Gasteiger partial charge in [0.2, 0.25) is 5.91 Å². The van der Waals surface area contributed by atoms with Crippen molar-refractivity contribution in [3.8, 4) is 0 Å². The number of rotatable bonds is 8. The molecule has 1 unspecified atom stereocenters. The molecule has 2 aromatic heterocycles. The Bertz CT molecular complexity index is 976. The largest absolute Gasteiger partial charge is 0.351 e. The van der Waals surface area contributed by atoms with Crippen LogP contribution in [0.2, 0.25) is 0 Å². The van der Waals surface area contributed by atoms with Crippen molar-refractivity contribution in [3.05, 3.63) is 77.1 Å². The Morgan fingerprint density at radius 2 is 1.94 bits per heavy atom. The molecule has 2 heterocycles. The monoisotopic (exact) mass is 435 g/mol. The first-order valence-corrected chi connectivity index (χ1v) is 11.4. The molecule has 1 atom stereocenters. The fraction of sp³-hybridized carbons (Fsp3) is 0.348. The van der Waals surface area contributed by atoms with Crippen molar-refractivity contribution in [2.24, 2.45) is 0 Å². The zero-order chi connectivity index (χ0) is 21.5. The number of benzene rings is 1. The Morgan fingerprint density at radius 1 is 1.13 bits per heavy atom. The van der Waals surface area contributed by atoms with E-state index in [9.17, 15) is 9.59 Å². The maximum Gasteiger partial charge on any atom is 0.276 e. The van der Waals surface area contributed by atoms with Gasteiger partial charge in [-0.15, -0.1) is 5.10 Å². The lowest BCUT2D eigenvalue weighted by Crippen LogP contribution is -2.47. The predicted octanol–water partition coefficient (Wildman–Crippen LogP) is 3.42. The van der Waals surface area contributed by atoms with Crippen LogP contribution in [0, 0.1) is 0 Å². The summed E-state index contributed by atoms with van der Waals surface area (Å²) in [6.07, 6.45) is 8.11. The molecule has 160 valence electrons. The van der Waals surface area contributed by atoms with Crippen molar-refractivity contribution in [1.82, 2.24) is 24.8 Å². The van der Waals surface area contributed by atoms with Gasteiger partial charge in [-0.05, 0) is 42.4 Å². The lowest BCUT2D eigenvalue weighted by molar-refractivity contribution is -0.126. The number of carbonyl (C=O) groups is 2. The minimum Gasteiger partial charge on any atom is -0.351 e. The molecule has 1 saturated carbocycles. The number of hydrogen-bond donors (Lipinski definition) is 1. The zero-order valence-electron chi connectivity index (χ0n) is 17.2. The van der Waals surface area contributed by atoms with Crippen molar-refractivity contribution >= 4 is 23.3 Å². The van der Waals surface area contributed by atoms with Crippen molar-refractivity contribution in [3.63, 3.8) is 0 Å². The van der Waals surface area contributed by atoms with Crippen molar-refractivity contribution in [2.75, 3.05) is 6.54 Å². The van der Waals surface area contributed by atoms with Gasteiger partial charge in [0.1, 0.15) is 6.04 Å². The Labute approximate surface area is 185 Å². The molecule has 8 heteroatoms. The molecule has 1 aliphatic rings. The van der Waals surface area contributed by atoms with Gasteiger partial charge in [0.15, 0.2) is 5.69 Å². The number of nitrogens with one attached hydrogen (secondary N) is 1. The third-order valence-corrected chi connectivity index (χ3v) is 6.09. The fourth-order valence-electron chi connectivity index (χ4n) is 4.01. The summed E-state index contributed by atoms with van der Waals surface area (Å²) in [6, 6.07) is 12.9. The molecular weight excluding hydrogens is 410 g/mol. The molecule has 2 amide bonds. The summed E-state index contributed by atoms with van der Waals surface area (Å²) in [5.41, 5.74) is 2.03. The quantitative estimate of drug-likeness (QED) is 0.586. The molecule has 7 nitrogen and oxygen atoms in total. The standard InChI is InChI=1S/C23H25N5O2S/c29-22(25-19-10-4-5-11-19)21(18-9-6-13-24-15-18)28(23(30)20-16-31-27-26-20)14-12-17-7-2-1-3-8-17/h1-3,6-9,13,15-16,19,21H,4-5,10-12,14H2,(H,25,29). The molecule has 31 heavy (non-hydrogen) atoms. The smallest absolute Gasteiger partial charge is 0.276 e. The summed E-state index contributed by atoms with van der Waals surface area (Å²) < 4.78 is 3.84. The Kier molecular flexibility index (Phi) is 6.99. The van der Waals surface area contributed by atoms with E-state index < -0.39 is 6.04 Å².